The molecule has 0 aromatic heterocycles. The first-order valence-corrected chi connectivity index (χ1v) is 7.61. The van der Waals surface area contributed by atoms with E-state index in [-0.39, 0.29) is 0 Å². The van der Waals surface area contributed by atoms with Crippen molar-refractivity contribution in [3.63, 3.8) is 0 Å². The van der Waals surface area contributed by atoms with Crippen molar-refractivity contribution in [1.29, 1.82) is 0 Å². The van der Waals surface area contributed by atoms with Gasteiger partial charge in [0.2, 0.25) is 0 Å². The van der Waals surface area contributed by atoms with Gasteiger partial charge in [-0.25, -0.2) is 0 Å². The number of para-hydroxylation sites is 1. The molecule has 0 amide bonds. The number of rotatable bonds is 5. The molecule has 0 bridgehead atoms. The van der Waals surface area contributed by atoms with E-state index in [4.69, 9.17) is 4.74 Å². The quantitative estimate of drug-likeness (QED) is 0.859. The van der Waals surface area contributed by atoms with Crippen LogP contribution in [0.5, 0.6) is 5.75 Å². The summed E-state index contributed by atoms with van der Waals surface area (Å²) >= 11 is 0. The maximum atomic E-state index is 11.0. The Labute approximate surface area is 116 Å². The van der Waals surface area contributed by atoms with E-state index in [1.54, 1.807) is 0 Å². The maximum Gasteiger partial charge on any atom is 0.125 e. The van der Waals surface area contributed by atoms with Crippen LogP contribution >= 0.6 is 0 Å². The molecule has 1 atom stereocenters. The number of hydrogen-bond acceptors (Lipinski definition) is 2. The van der Waals surface area contributed by atoms with Crippen molar-refractivity contribution in [2.24, 2.45) is 5.92 Å². The van der Waals surface area contributed by atoms with Gasteiger partial charge >= 0.3 is 0 Å². The fraction of sp³-hybridized carbons (Fsp3) is 0.647. The van der Waals surface area contributed by atoms with Crippen LogP contribution in [0.2, 0.25) is 0 Å². The third kappa shape index (κ3) is 3.30. The van der Waals surface area contributed by atoms with Crippen LogP contribution in [0.15, 0.2) is 24.3 Å². The molecule has 1 aromatic carbocycles. The van der Waals surface area contributed by atoms with Crippen LogP contribution in [-0.4, -0.2) is 11.7 Å². The Morgan fingerprint density at radius 2 is 1.89 bits per heavy atom. The van der Waals surface area contributed by atoms with Crippen molar-refractivity contribution in [3.8, 4) is 5.75 Å². The summed E-state index contributed by atoms with van der Waals surface area (Å²) in [5.74, 6) is 1.20. The number of ether oxygens (including phenoxy) is 1. The van der Waals surface area contributed by atoms with Crippen LogP contribution < -0.4 is 4.74 Å². The molecule has 1 fully saturated rings. The maximum absolute atomic E-state index is 11.0. The van der Waals surface area contributed by atoms with E-state index < -0.39 is 5.60 Å². The minimum absolute atomic E-state index is 0.354. The van der Waals surface area contributed by atoms with Gasteiger partial charge in [-0.1, -0.05) is 44.4 Å². The van der Waals surface area contributed by atoms with E-state index in [1.165, 1.54) is 19.3 Å². The van der Waals surface area contributed by atoms with Gasteiger partial charge in [0.25, 0.3) is 0 Å². The first-order valence-electron chi connectivity index (χ1n) is 7.61. The highest BCUT2D eigenvalue weighted by molar-refractivity contribution is 5.38. The lowest BCUT2D eigenvalue weighted by Gasteiger charge is -2.36. The molecule has 1 aromatic rings. The number of benzene rings is 1. The summed E-state index contributed by atoms with van der Waals surface area (Å²) in [6.07, 6.45) is 7.00. The lowest BCUT2D eigenvalue weighted by Crippen LogP contribution is -2.33. The molecular formula is C17H26O2. The van der Waals surface area contributed by atoms with Crippen molar-refractivity contribution in [3.05, 3.63) is 29.8 Å². The largest absolute Gasteiger partial charge is 0.493 e. The van der Waals surface area contributed by atoms with E-state index >= 15 is 0 Å². The molecule has 2 heteroatoms. The average Bonchev–Trinajstić information content (AvgIpc) is 2.46. The van der Waals surface area contributed by atoms with E-state index in [9.17, 15) is 5.11 Å². The van der Waals surface area contributed by atoms with Gasteiger partial charge in [-0.15, -0.1) is 0 Å². The lowest BCUT2D eigenvalue weighted by atomic mass is 9.74. The van der Waals surface area contributed by atoms with E-state index in [0.717, 1.165) is 30.6 Å². The van der Waals surface area contributed by atoms with Crippen molar-refractivity contribution in [2.45, 2.75) is 58.0 Å². The van der Waals surface area contributed by atoms with Crippen LogP contribution in [0, 0.1) is 5.92 Å². The zero-order valence-electron chi connectivity index (χ0n) is 12.2. The fourth-order valence-corrected chi connectivity index (χ4v) is 3.11. The standard InChI is InChI=1S/C17H26O2/c1-3-13-19-16-12-8-7-11-15(16)17(2,18)14-9-5-4-6-10-14/h7-8,11-12,14,18H,3-6,9-10,13H2,1-2H3. The number of hydrogen-bond donors (Lipinski definition) is 1. The zero-order chi connectivity index (χ0) is 13.7. The van der Waals surface area contributed by atoms with E-state index in [2.05, 4.69) is 6.92 Å². The van der Waals surface area contributed by atoms with Crippen molar-refractivity contribution < 1.29 is 9.84 Å². The summed E-state index contributed by atoms with van der Waals surface area (Å²) in [5, 5.41) is 11.0. The van der Waals surface area contributed by atoms with Crippen LogP contribution in [0.1, 0.15) is 57.9 Å². The van der Waals surface area contributed by atoms with Gasteiger partial charge < -0.3 is 9.84 Å². The van der Waals surface area contributed by atoms with Gasteiger partial charge in [-0.2, -0.15) is 0 Å². The Hall–Kier alpha value is -1.02. The Balaban J connectivity index is 2.22. The monoisotopic (exact) mass is 262 g/mol. The van der Waals surface area contributed by atoms with Crippen molar-refractivity contribution in [1.82, 2.24) is 0 Å². The van der Waals surface area contributed by atoms with E-state index in [1.807, 2.05) is 31.2 Å². The number of aliphatic hydroxyl groups is 1. The molecule has 2 rings (SSSR count). The first-order chi connectivity index (χ1) is 9.16. The van der Waals surface area contributed by atoms with Crippen LogP contribution in [0.4, 0.5) is 0 Å². The molecule has 1 unspecified atom stereocenters. The average molecular weight is 262 g/mol. The molecule has 0 heterocycles. The SMILES string of the molecule is CCCOc1ccccc1C(C)(O)C1CCCCC1. The molecule has 0 aliphatic heterocycles. The molecule has 0 saturated heterocycles. The Bertz CT molecular complexity index is 392. The van der Waals surface area contributed by atoms with Gasteiger partial charge in [-0.05, 0) is 38.2 Å². The molecule has 0 spiro atoms. The Morgan fingerprint density at radius 3 is 2.58 bits per heavy atom. The topological polar surface area (TPSA) is 29.5 Å². The van der Waals surface area contributed by atoms with Gasteiger partial charge in [0.15, 0.2) is 0 Å². The highest BCUT2D eigenvalue weighted by Crippen LogP contribution is 2.42. The molecular weight excluding hydrogens is 236 g/mol. The molecule has 1 aliphatic rings. The second kappa shape index (κ2) is 6.42. The third-order valence-corrected chi connectivity index (χ3v) is 4.29. The predicted octanol–water partition coefficient (Wildman–Crippen LogP) is 4.26. The normalized spacial score (nSPS) is 19.9. The minimum Gasteiger partial charge on any atom is -0.493 e. The molecule has 1 N–H and O–H groups in total. The zero-order valence-corrected chi connectivity index (χ0v) is 12.2. The summed E-state index contributed by atoms with van der Waals surface area (Å²) < 4.78 is 5.80. The second-order valence-electron chi connectivity index (χ2n) is 5.83. The summed E-state index contributed by atoms with van der Waals surface area (Å²) in [6.45, 7) is 4.76. The van der Waals surface area contributed by atoms with Gasteiger partial charge in [0.1, 0.15) is 5.75 Å². The van der Waals surface area contributed by atoms with E-state index in [0.29, 0.717) is 12.5 Å². The fourth-order valence-electron chi connectivity index (χ4n) is 3.11. The molecule has 0 radical (unpaired) electrons. The Kier molecular flexibility index (Phi) is 4.87. The molecule has 106 valence electrons. The van der Waals surface area contributed by atoms with Crippen molar-refractivity contribution >= 4 is 0 Å². The molecule has 19 heavy (non-hydrogen) atoms. The molecule has 1 aliphatic carbocycles. The predicted molar refractivity (Wildman–Crippen MR) is 78.4 cm³/mol. The minimum atomic E-state index is -0.773. The van der Waals surface area contributed by atoms with Crippen LogP contribution in [0.25, 0.3) is 0 Å². The van der Waals surface area contributed by atoms with Crippen molar-refractivity contribution in [2.75, 3.05) is 6.61 Å². The van der Waals surface area contributed by atoms with Gasteiger partial charge in [0.05, 0.1) is 12.2 Å². The first kappa shape index (κ1) is 14.4. The third-order valence-electron chi connectivity index (χ3n) is 4.29. The van der Waals surface area contributed by atoms with Crippen LogP contribution in [-0.2, 0) is 5.60 Å². The van der Waals surface area contributed by atoms with Crippen LogP contribution in [0.3, 0.4) is 0 Å². The Morgan fingerprint density at radius 1 is 1.21 bits per heavy atom. The molecule has 1 saturated carbocycles. The summed E-state index contributed by atoms with van der Waals surface area (Å²) in [4.78, 5) is 0. The van der Waals surface area contributed by atoms with Gasteiger partial charge in [-0.3, -0.25) is 0 Å². The lowest BCUT2D eigenvalue weighted by molar-refractivity contribution is -0.0235. The highest BCUT2D eigenvalue weighted by atomic mass is 16.5. The second-order valence-corrected chi connectivity index (χ2v) is 5.83. The van der Waals surface area contributed by atoms with Gasteiger partial charge in [0, 0.05) is 5.56 Å². The summed E-state index contributed by atoms with van der Waals surface area (Å²) in [7, 11) is 0. The smallest absolute Gasteiger partial charge is 0.125 e. The summed E-state index contributed by atoms with van der Waals surface area (Å²) in [5.41, 5.74) is 0.181. The highest BCUT2D eigenvalue weighted by Gasteiger charge is 2.36. The summed E-state index contributed by atoms with van der Waals surface area (Å²) in [6, 6.07) is 7.96. The molecule has 2 nitrogen and oxygen atoms in total.